The van der Waals surface area contributed by atoms with Crippen molar-refractivity contribution in [2.75, 3.05) is 42.7 Å². The van der Waals surface area contributed by atoms with Crippen LogP contribution < -0.4 is 10.2 Å². The van der Waals surface area contributed by atoms with E-state index in [1.165, 1.54) is 10.6 Å². The average molecular weight is 472 g/mol. The summed E-state index contributed by atoms with van der Waals surface area (Å²) in [5, 5.41) is 3.97. The van der Waals surface area contributed by atoms with E-state index in [2.05, 4.69) is 15.2 Å². The smallest absolute Gasteiger partial charge is 0.211 e. The molecule has 0 spiro atoms. The van der Waals surface area contributed by atoms with Gasteiger partial charge in [-0.3, -0.25) is 4.40 Å². The Morgan fingerprint density at radius 2 is 1.84 bits per heavy atom. The summed E-state index contributed by atoms with van der Waals surface area (Å²) in [7, 11) is -3.18. The standard InChI is InChI=1S/C21H22ClN7O2S/c1-14-4-3-5-15(22)19(14)26-20-17-12-23-13-29(17)21-16(24-20)6-7-18(25-21)27-8-10-28(11-9-27)32(2,30)31/h3-7,12-13H,8-11H2,1-2H3,(H,24,26). The third-order valence-corrected chi connectivity index (χ3v) is 7.30. The molecule has 5 rings (SSSR count). The number of pyridine rings is 1. The molecule has 0 saturated carbocycles. The van der Waals surface area contributed by atoms with Crippen molar-refractivity contribution in [2.45, 2.75) is 6.92 Å². The minimum Gasteiger partial charge on any atom is -0.354 e. The van der Waals surface area contributed by atoms with E-state index < -0.39 is 10.0 Å². The predicted octanol–water partition coefficient (Wildman–Crippen LogP) is 3.06. The largest absolute Gasteiger partial charge is 0.354 e. The molecule has 1 N–H and O–H groups in total. The van der Waals surface area contributed by atoms with Gasteiger partial charge in [0.2, 0.25) is 10.0 Å². The maximum Gasteiger partial charge on any atom is 0.211 e. The van der Waals surface area contributed by atoms with Crippen LogP contribution in [0.15, 0.2) is 42.9 Å². The number of sulfonamides is 1. The molecule has 1 fully saturated rings. The van der Waals surface area contributed by atoms with Gasteiger partial charge in [-0.2, -0.15) is 4.31 Å². The summed E-state index contributed by atoms with van der Waals surface area (Å²) in [6.07, 6.45) is 4.69. The lowest BCUT2D eigenvalue weighted by Crippen LogP contribution is -2.48. The van der Waals surface area contributed by atoms with Crippen LogP contribution >= 0.6 is 11.6 Å². The van der Waals surface area contributed by atoms with Gasteiger partial charge >= 0.3 is 0 Å². The molecule has 1 aliphatic heterocycles. The number of para-hydroxylation sites is 1. The maximum absolute atomic E-state index is 11.8. The third-order valence-electron chi connectivity index (χ3n) is 5.68. The van der Waals surface area contributed by atoms with Crippen LogP contribution in [0.4, 0.5) is 17.3 Å². The van der Waals surface area contributed by atoms with E-state index in [4.69, 9.17) is 21.6 Å². The number of fused-ring (bicyclic) bond motifs is 3. The van der Waals surface area contributed by atoms with Crippen LogP contribution in [0, 0.1) is 6.92 Å². The summed E-state index contributed by atoms with van der Waals surface area (Å²) in [6.45, 7) is 4.03. The molecule has 0 unspecified atom stereocenters. The number of piperazine rings is 1. The fourth-order valence-corrected chi connectivity index (χ4v) is 5.03. The van der Waals surface area contributed by atoms with Crippen molar-refractivity contribution in [3.05, 3.63) is 53.4 Å². The molecular formula is C21H22ClN7O2S. The first-order chi connectivity index (χ1) is 15.3. The molecule has 1 aromatic carbocycles. The van der Waals surface area contributed by atoms with Gasteiger partial charge in [-0.25, -0.2) is 23.4 Å². The highest BCUT2D eigenvalue weighted by Crippen LogP contribution is 2.31. The lowest BCUT2D eigenvalue weighted by Gasteiger charge is -2.34. The number of anilines is 3. The first-order valence-corrected chi connectivity index (χ1v) is 12.4. The predicted molar refractivity (Wildman–Crippen MR) is 126 cm³/mol. The van der Waals surface area contributed by atoms with Gasteiger partial charge in [-0.15, -0.1) is 0 Å². The van der Waals surface area contributed by atoms with Crippen LogP contribution in [0.5, 0.6) is 0 Å². The second-order valence-electron chi connectivity index (χ2n) is 7.83. The number of nitrogens with zero attached hydrogens (tertiary/aromatic N) is 6. The van der Waals surface area contributed by atoms with E-state index in [-0.39, 0.29) is 0 Å². The van der Waals surface area contributed by atoms with Gasteiger partial charge in [0.1, 0.15) is 23.2 Å². The van der Waals surface area contributed by atoms with Gasteiger partial charge in [-0.05, 0) is 30.7 Å². The van der Waals surface area contributed by atoms with Crippen molar-refractivity contribution in [1.82, 2.24) is 23.7 Å². The lowest BCUT2D eigenvalue weighted by molar-refractivity contribution is 0.387. The number of nitrogens with one attached hydrogen (secondary N) is 1. The van der Waals surface area contributed by atoms with Crippen LogP contribution in [0.25, 0.3) is 16.7 Å². The fraction of sp³-hybridized carbons (Fsp3) is 0.286. The Labute approximate surface area is 190 Å². The summed E-state index contributed by atoms with van der Waals surface area (Å²) in [6, 6.07) is 9.57. The maximum atomic E-state index is 11.8. The molecule has 9 nitrogen and oxygen atoms in total. The fourth-order valence-electron chi connectivity index (χ4n) is 3.94. The highest BCUT2D eigenvalue weighted by Gasteiger charge is 2.24. The quantitative estimate of drug-likeness (QED) is 0.488. The molecule has 4 heterocycles. The van der Waals surface area contributed by atoms with Crippen molar-refractivity contribution in [2.24, 2.45) is 0 Å². The van der Waals surface area contributed by atoms with Crippen LogP contribution in [0.1, 0.15) is 5.56 Å². The third kappa shape index (κ3) is 3.74. The first-order valence-electron chi connectivity index (χ1n) is 10.2. The number of aryl methyl sites for hydroxylation is 1. The van der Waals surface area contributed by atoms with E-state index in [0.717, 1.165) is 22.6 Å². The van der Waals surface area contributed by atoms with E-state index in [0.29, 0.717) is 48.2 Å². The zero-order valence-corrected chi connectivity index (χ0v) is 19.2. The highest BCUT2D eigenvalue weighted by atomic mass is 35.5. The molecule has 4 aromatic rings. The van der Waals surface area contributed by atoms with Gasteiger partial charge in [0.25, 0.3) is 0 Å². The molecule has 166 valence electrons. The number of rotatable bonds is 4. The van der Waals surface area contributed by atoms with Crippen LogP contribution in [-0.4, -0.2) is 64.5 Å². The molecule has 0 atom stereocenters. The molecule has 0 amide bonds. The molecule has 3 aromatic heterocycles. The van der Waals surface area contributed by atoms with Gasteiger partial charge in [-0.1, -0.05) is 23.7 Å². The van der Waals surface area contributed by atoms with Gasteiger partial charge in [0.05, 0.1) is 23.2 Å². The zero-order chi connectivity index (χ0) is 22.5. The Balaban J connectivity index is 1.51. The van der Waals surface area contributed by atoms with E-state index in [1.54, 1.807) is 12.5 Å². The van der Waals surface area contributed by atoms with Crippen molar-refractivity contribution in [3.63, 3.8) is 0 Å². The second kappa shape index (κ2) is 7.88. The highest BCUT2D eigenvalue weighted by molar-refractivity contribution is 7.88. The monoisotopic (exact) mass is 471 g/mol. The Morgan fingerprint density at radius 1 is 1.06 bits per heavy atom. The molecule has 0 radical (unpaired) electrons. The molecule has 11 heteroatoms. The summed E-state index contributed by atoms with van der Waals surface area (Å²) in [5.74, 6) is 1.42. The average Bonchev–Trinajstić information content (AvgIpc) is 3.26. The Bertz CT molecular complexity index is 1410. The van der Waals surface area contributed by atoms with E-state index >= 15 is 0 Å². The van der Waals surface area contributed by atoms with Crippen LogP contribution in [0.2, 0.25) is 5.02 Å². The van der Waals surface area contributed by atoms with E-state index in [9.17, 15) is 8.42 Å². The first kappa shape index (κ1) is 20.9. The van der Waals surface area contributed by atoms with Gasteiger partial charge in [0.15, 0.2) is 11.5 Å². The summed E-state index contributed by atoms with van der Waals surface area (Å²) < 4.78 is 27.0. The number of hydrogen-bond acceptors (Lipinski definition) is 7. The molecule has 0 aliphatic carbocycles. The van der Waals surface area contributed by atoms with Crippen molar-refractivity contribution >= 4 is 55.6 Å². The van der Waals surface area contributed by atoms with Crippen molar-refractivity contribution < 1.29 is 8.42 Å². The number of halogens is 1. The zero-order valence-electron chi connectivity index (χ0n) is 17.7. The summed E-state index contributed by atoms with van der Waals surface area (Å²) in [4.78, 5) is 16.0. The topological polar surface area (TPSA) is 95.7 Å². The summed E-state index contributed by atoms with van der Waals surface area (Å²) >= 11 is 6.40. The van der Waals surface area contributed by atoms with Gasteiger partial charge in [0, 0.05) is 26.2 Å². The summed E-state index contributed by atoms with van der Waals surface area (Å²) in [5.41, 5.74) is 3.99. The molecule has 1 saturated heterocycles. The molecule has 0 bridgehead atoms. The van der Waals surface area contributed by atoms with Crippen LogP contribution in [0.3, 0.4) is 0 Å². The number of imidazole rings is 1. The molecule has 1 aliphatic rings. The molecule has 32 heavy (non-hydrogen) atoms. The normalized spacial score (nSPS) is 15.5. The van der Waals surface area contributed by atoms with Gasteiger partial charge < -0.3 is 10.2 Å². The van der Waals surface area contributed by atoms with Crippen LogP contribution in [-0.2, 0) is 10.0 Å². The minimum absolute atomic E-state index is 0.442. The second-order valence-corrected chi connectivity index (χ2v) is 10.2. The van der Waals surface area contributed by atoms with Crippen molar-refractivity contribution in [1.29, 1.82) is 0 Å². The van der Waals surface area contributed by atoms with Crippen molar-refractivity contribution in [3.8, 4) is 0 Å². The Hall–Kier alpha value is -2.95. The van der Waals surface area contributed by atoms with E-state index in [1.807, 2.05) is 41.7 Å². The number of hydrogen-bond donors (Lipinski definition) is 1. The Kier molecular flexibility index (Phi) is 5.15. The number of benzene rings is 1. The number of aromatic nitrogens is 4. The molecular weight excluding hydrogens is 450 g/mol. The SMILES string of the molecule is Cc1cccc(Cl)c1Nc1nc2ccc(N3CCN(S(C)(=O)=O)CC3)nc2n2cncc12. The minimum atomic E-state index is -3.18. The Morgan fingerprint density at radius 3 is 2.56 bits per heavy atom. The lowest BCUT2D eigenvalue weighted by atomic mass is 10.2.